The van der Waals surface area contributed by atoms with E-state index < -0.39 is 14.9 Å². The summed E-state index contributed by atoms with van der Waals surface area (Å²) < 4.78 is 25.9. The van der Waals surface area contributed by atoms with Crippen LogP contribution in [0.3, 0.4) is 0 Å². The normalized spacial score (nSPS) is 11.6. The van der Waals surface area contributed by atoms with Gasteiger partial charge in [-0.1, -0.05) is 34.1 Å². The minimum atomic E-state index is -3.72. The predicted octanol–water partition coefficient (Wildman–Crippen LogP) is 3.27. The van der Waals surface area contributed by atoms with Gasteiger partial charge in [0.1, 0.15) is 0 Å². The Morgan fingerprint density at radius 3 is 2.27 bits per heavy atom. The van der Waals surface area contributed by atoms with Crippen molar-refractivity contribution in [1.29, 1.82) is 0 Å². The van der Waals surface area contributed by atoms with Gasteiger partial charge < -0.3 is 0 Å². The molecule has 0 amide bonds. The molecule has 8 heteroatoms. The molecule has 0 radical (unpaired) electrons. The van der Waals surface area contributed by atoms with Crippen molar-refractivity contribution >= 4 is 31.6 Å². The average molecular weight is 385 g/mol. The van der Waals surface area contributed by atoms with Crippen LogP contribution in [0.2, 0.25) is 0 Å². The molecule has 0 spiro atoms. The zero-order valence-corrected chi connectivity index (χ0v) is 14.3. The number of rotatable bonds is 4. The summed E-state index contributed by atoms with van der Waals surface area (Å²) in [7, 11) is -0.969. The fourth-order valence-corrected chi connectivity index (χ4v) is 3.36. The second kappa shape index (κ2) is 6.15. The lowest BCUT2D eigenvalue weighted by Crippen LogP contribution is -2.22. The number of hydrogen-bond donors (Lipinski definition) is 0. The molecule has 6 nitrogen and oxygen atoms in total. The van der Waals surface area contributed by atoms with Crippen LogP contribution >= 0.6 is 15.9 Å². The monoisotopic (exact) mass is 384 g/mol. The van der Waals surface area contributed by atoms with Gasteiger partial charge in [0, 0.05) is 30.2 Å². The summed E-state index contributed by atoms with van der Waals surface area (Å²) in [5, 5.41) is 11.3. The lowest BCUT2D eigenvalue weighted by atomic mass is 10.0. The maximum absolute atomic E-state index is 12.1. The van der Waals surface area contributed by atoms with Crippen LogP contribution in [0, 0.1) is 10.1 Å². The summed E-state index contributed by atoms with van der Waals surface area (Å²) in [4.78, 5) is 10.6. The first-order chi connectivity index (χ1) is 10.2. The highest BCUT2D eigenvalue weighted by Crippen LogP contribution is 2.36. The first-order valence-corrected chi connectivity index (χ1v) is 8.44. The van der Waals surface area contributed by atoms with Gasteiger partial charge in [0.25, 0.3) is 5.69 Å². The topological polar surface area (TPSA) is 80.5 Å². The summed E-state index contributed by atoms with van der Waals surface area (Å²) in [6.45, 7) is 0. The Bertz CT molecular complexity index is 834. The first-order valence-electron chi connectivity index (χ1n) is 6.21. The minimum Gasteiger partial charge on any atom is -0.258 e. The van der Waals surface area contributed by atoms with Crippen molar-refractivity contribution in [2.24, 2.45) is 0 Å². The van der Waals surface area contributed by atoms with Crippen LogP contribution in [0.5, 0.6) is 0 Å². The molecule has 0 saturated carbocycles. The molecule has 0 heterocycles. The van der Waals surface area contributed by atoms with Gasteiger partial charge in [-0.15, -0.1) is 0 Å². The van der Waals surface area contributed by atoms with Crippen molar-refractivity contribution in [2.45, 2.75) is 4.90 Å². The Balaban J connectivity index is 2.70. The van der Waals surface area contributed by atoms with E-state index in [4.69, 9.17) is 0 Å². The fourth-order valence-electron chi connectivity index (χ4n) is 1.94. The van der Waals surface area contributed by atoms with Crippen molar-refractivity contribution < 1.29 is 13.3 Å². The fraction of sp³-hybridized carbons (Fsp3) is 0.143. The number of nitrogens with zero attached hydrogens (tertiary/aromatic N) is 2. The molecule has 0 bridgehead atoms. The first kappa shape index (κ1) is 16.6. The Morgan fingerprint density at radius 2 is 1.73 bits per heavy atom. The van der Waals surface area contributed by atoms with E-state index in [2.05, 4.69) is 15.9 Å². The van der Waals surface area contributed by atoms with Gasteiger partial charge in [0.05, 0.1) is 15.4 Å². The number of hydrogen-bond acceptors (Lipinski definition) is 4. The van der Waals surface area contributed by atoms with Crippen molar-refractivity contribution in [3.8, 4) is 11.1 Å². The van der Waals surface area contributed by atoms with Crippen molar-refractivity contribution in [1.82, 2.24) is 4.31 Å². The predicted molar refractivity (Wildman–Crippen MR) is 87.1 cm³/mol. The van der Waals surface area contributed by atoms with Crippen LogP contribution in [0.1, 0.15) is 0 Å². The molecule has 0 fully saturated rings. The summed E-state index contributed by atoms with van der Waals surface area (Å²) in [6.07, 6.45) is 0. The third kappa shape index (κ3) is 3.03. The molecule has 2 aromatic carbocycles. The molecule has 0 aliphatic heterocycles. The maximum atomic E-state index is 12.1. The number of nitro benzene ring substituents is 1. The van der Waals surface area contributed by atoms with Crippen molar-refractivity contribution in [3.05, 3.63) is 57.1 Å². The average Bonchev–Trinajstić information content (AvgIpc) is 2.47. The Hall–Kier alpha value is -1.77. The van der Waals surface area contributed by atoms with E-state index in [-0.39, 0.29) is 10.6 Å². The van der Waals surface area contributed by atoms with E-state index in [1.165, 1.54) is 26.2 Å². The van der Waals surface area contributed by atoms with Crippen LogP contribution in [0.15, 0.2) is 51.8 Å². The van der Waals surface area contributed by atoms with E-state index in [0.717, 1.165) is 10.4 Å². The van der Waals surface area contributed by atoms with Crippen LogP contribution in [0.4, 0.5) is 5.69 Å². The Kier molecular flexibility index (Phi) is 4.64. The minimum absolute atomic E-state index is 0.111. The third-order valence-electron chi connectivity index (χ3n) is 3.11. The van der Waals surface area contributed by atoms with Gasteiger partial charge in [-0.3, -0.25) is 10.1 Å². The zero-order chi connectivity index (χ0) is 16.5. The molecule has 0 N–H and O–H groups in total. The standard InChI is InChI=1S/C14H13BrN2O4S/c1-16(2)22(20,21)10-7-8-12(14(9-10)17(18)19)11-5-3-4-6-13(11)15/h3-9H,1-2H3. The van der Waals surface area contributed by atoms with Gasteiger partial charge >= 0.3 is 0 Å². The highest BCUT2D eigenvalue weighted by Gasteiger charge is 2.24. The zero-order valence-electron chi connectivity index (χ0n) is 11.9. The molecular weight excluding hydrogens is 372 g/mol. The third-order valence-corrected chi connectivity index (χ3v) is 5.61. The van der Waals surface area contributed by atoms with Crippen LogP contribution in [-0.4, -0.2) is 31.7 Å². The van der Waals surface area contributed by atoms with E-state index in [9.17, 15) is 18.5 Å². The highest BCUT2D eigenvalue weighted by molar-refractivity contribution is 9.10. The Labute approximate surface area is 136 Å². The summed E-state index contributed by atoms with van der Waals surface area (Å²) in [5.74, 6) is 0. The lowest BCUT2D eigenvalue weighted by Gasteiger charge is -2.12. The van der Waals surface area contributed by atoms with Crippen molar-refractivity contribution in [2.75, 3.05) is 14.1 Å². The van der Waals surface area contributed by atoms with Gasteiger partial charge in [0.15, 0.2) is 0 Å². The Morgan fingerprint density at radius 1 is 1.09 bits per heavy atom. The van der Waals surface area contributed by atoms with E-state index >= 15 is 0 Å². The highest BCUT2D eigenvalue weighted by atomic mass is 79.9. The molecule has 22 heavy (non-hydrogen) atoms. The van der Waals surface area contributed by atoms with Gasteiger partial charge in [-0.25, -0.2) is 12.7 Å². The molecule has 0 atom stereocenters. The van der Waals surface area contributed by atoms with Gasteiger partial charge in [-0.05, 0) is 18.2 Å². The molecular formula is C14H13BrN2O4S. The molecule has 2 rings (SSSR count). The van der Waals surface area contributed by atoms with Crippen LogP contribution < -0.4 is 0 Å². The number of sulfonamides is 1. The molecule has 0 aromatic heterocycles. The second-order valence-electron chi connectivity index (χ2n) is 4.70. The smallest absolute Gasteiger partial charge is 0.258 e. The van der Waals surface area contributed by atoms with Crippen LogP contribution in [0.25, 0.3) is 11.1 Å². The van der Waals surface area contributed by atoms with Crippen LogP contribution in [-0.2, 0) is 10.0 Å². The number of halogens is 1. The largest absolute Gasteiger partial charge is 0.278 e. The SMILES string of the molecule is CN(C)S(=O)(=O)c1ccc(-c2ccccc2Br)c([N+](=O)[O-])c1. The molecule has 0 aliphatic carbocycles. The maximum Gasteiger partial charge on any atom is 0.278 e. The van der Waals surface area contributed by atoms with E-state index in [1.54, 1.807) is 24.3 Å². The van der Waals surface area contributed by atoms with Crippen molar-refractivity contribution in [3.63, 3.8) is 0 Å². The number of nitro groups is 1. The van der Waals surface area contributed by atoms with E-state index in [1.807, 2.05) is 0 Å². The summed E-state index contributed by atoms with van der Waals surface area (Å²) in [6, 6.07) is 11.0. The van der Waals surface area contributed by atoms with Gasteiger partial charge in [0.2, 0.25) is 10.0 Å². The second-order valence-corrected chi connectivity index (χ2v) is 7.71. The lowest BCUT2D eigenvalue weighted by molar-refractivity contribution is -0.384. The summed E-state index contributed by atoms with van der Waals surface area (Å²) >= 11 is 3.35. The van der Waals surface area contributed by atoms with E-state index in [0.29, 0.717) is 15.6 Å². The molecule has 0 saturated heterocycles. The quantitative estimate of drug-likeness (QED) is 0.598. The number of benzene rings is 2. The molecule has 0 unspecified atom stereocenters. The molecule has 116 valence electrons. The summed E-state index contributed by atoms with van der Waals surface area (Å²) in [5.41, 5.74) is 0.730. The molecule has 0 aliphatic rings. The molecule has 2 aromatic rings. The van der Waals surface area contributed by atoms with Gasteiger partial charge in [-0.2, -0.15) is 0 Å².